The Kier molecular flexibility index (Phi) is 2.64. The minimum Gasteiger partial charge on any atom is -0.348 e. The van der Waals surface area contributed by atoms with Crippen LogP contribution in [-0.4, -0.2) is 43.0 Å². The van der Waals surface area contributed by atoms with Crippen LogP contribution in [-0.2, 0) is 9.47 Å². The van der Waals surface area contributed by atoms with Gasteiger partial charge < -0.3 is 9.47 Å². The molecular weight excluding hydrogens is 178 g/mol. The van der Waals surface area contributed by atoms with E-state index in [9.17, 15) is 0 Å². The highest BCUT2D eigenvalue weighted by molar-refractivity contribution is 5.31. The van der Waals surface area contributed by atoms with Gasteiger partial charge in [-0.1, -0.05) is 19.9 Å². The Morgan fingerprint density at radius 2 is 2.21 bits per heavy atom. The maximum Gasteiger partial charge on any atom is 0.205 e. The molecular formula is C11H19NO2. The summed E-state index contributed by atoms with van der Waals surface area (Å²) >= 11 is 0. The van der Waals surface area contributed by atoms with Gasteiger partial charge in [-0.3, -0.25) is 4.90 Å². The van der Waals surface area contributed by atoms with E-state index in [-0.39, 0.29) is 0 Å². The Hall–Kier alpha value is -0.380. The molecule has 1 heterocycles. The summed E-state index contributed by atoms with van der Waals surface area (Å²) in [6, 6.07) is 0.973. The van der Waals surface area contributed by atoms with Crippen LogP contribution in [0.5, 0.6) is 0 Å². The molecule has 2 rings (SSSR count). The molecule has 0 radical (unpaired) electrons. The van der Waals surface area contributed by atoms with Crippen molar-refractivity contribution >= 4 is 0 Å². The first-order valence-electron chi connectivity index (χ1n) is 5.43. The first-order valence-corrected chi connectivity index (χ1v) is 5.43. The zero-order valence-electron chi connectivity index (χ0n) is 9.19. The summed E-state index contributed by atoms with van der Waals surface area (Å²) in [7, 11) is 1.73. The van der Waals surface area contributed by atoms with E-state index in [0.29, 0.717) is 12.1 Å². The normalized spacial score (nSPS) is 44.1. The van der Waals surface area contributed by atoms with Gasteiger partial charge in [0.15, 0.2) is 0 Å². The van der Waals surface area contributed by atoms with Gasteiger partial charge >= 0.3 is 0 Å². The number of rotatable bonds is 5. The Balaban J connectivity index is 2.03. The third kappa shape index (κ3) is 1.31. The van der Waals surface area contributed by atoms with Crippen LogP contribution < -0.4 is 0 Å². The zero-order valence-corrected chi connectivity index (χ0v) is 9.19. The molecule has 4 atom stereocenters. The summed E-state index contributed by atoms with van der Waals surface area (Å²) in [6.07, 6.45) is 5.31. The number of hydrogen-bond acceptors (Lipinski definition) is 3. The molecule has 80 valence electrons. The quantitative estimate of drug-likeness (QED) is 0.378. The molecule has 1 saturated heterocycles. The number of methoxy groups -OCH3 is 1. The van der Waals surface area contributed by atoms with E-state index >= 15 is 0 Å². The summed E-state index contributed by atoms with van der Waals surface area (Å²) in [5, 5.41) is 0. The molecule has 1 aliphatic heterocycles. The Morgan fingerprint density at radius 1 is 1.43 bits per heavy atom. The molecule has 0 bridgehead atoms. The lowest BCUT2D eigenvalue weighted by atomic mass is 10.2. The third-order valence-electron chi connectivity index (χ3n) is 3.13. The fraction of sp³-hybridized carbons (Fsp3) is 0.818. The minimum atomic E-state index is -0.462. The fourth-order valence-corrected chi connectivity index (χ4v) is 2.36. The number of hydrogen-bond donors (Lipinski definition) is 0. The molecule has 2 aliphatic rings. The van der Waals surface area contributed by atoms with Crippen molar-refractivity contribution in [3.8, 4) is 0 Å². The van der Waals surface area contributed by atoms with E-state index < -0.39 is 5.79 Å². The van der Waals surface area contributed by atoms with Gasteiger partial charge in [0.25, 0.3) is 0 Å². The molecule has 1 unspecified atom stereocenters. The van der Waals surface area contributed by atoms with Crippen LogP contribution in [0.25, 0.3) is 0 Å². The van der Waals surface area contributed by atoms with Crippen LogP contribution in [0.2, 0.25) is 0 Å². The molecule has 14 heavy (non-hydrogen) atoms. The van der Waals surface area contributed by atoms with E-state index in [0.717, 1.165) is 19.6 Å². The fourth-order valence-electron chi connectivity index (χ4n) is 2.36. The van der Waals surface area contributed by atoms with Crippen molar-refractivity contribution in [2.45, 2.75) is 38.1 Å². The first kappa shape index (κ1) is 10.1. The average molecular weight is 197 g/mol. The van der Waals surface area contributed by atoms with E-state index in [4.69, 9.17) is 9.47 Å². The van der Waals surface area contributed by atoms with Crippen LogP contribution in [0.15, 0.2) is 12.2 Å². The van der Waals surface area contributed by atoms with Gasteiger partial charge in [-0.25, -0.2) is 0 Å². The highest BCUT2D eigenvalue weighted by Crippen LogP contribution is 2.46. The number of fused-ring (bicyclic) bond motifs is 1. The second-order valence-electron chi connectivity index (χ2n) is 3.90. The molecule has 1 fully saturated rings. The summed E-state index contributed by atoms with van der Waals surface area (Å²) in [5.74, 6) is -0.462. The van der Waals surface area contributed by atoms with E-state index in [1.807, 2.05) is 0 Å². The van der Waals surface area contributed by atoms with Crippen molar-refractivity contribution in [2.75, 3.05) is 20.3 Å². The summed E-state index contributed by atoms with van der Waals surface area (Å²) in [4.78, 5) is 2.39. The lowest BCUT2D eigenvalue weighted by Crippen LogP contribution is -2.40. The van der Waals surface area contributed by atoms with Gasteiger partial charge in [0, 0.05) is 13.2 Å². The Bertz CT molecular complexity index is 241. The molecule has 0 amide bonds. The van der Waals surface area contributed by atoms with Crippen LogP contribution in [0.3, 0.4) is 0 Å². The largest absolute Gasteiger partial charge is 0.348 e. The van der Waals surface area contributed by atoms with Crippen molar-refractivity contribution in [1.29, 1.82) is 0 Å². The van der Waals surface area contributed by atoms with Gasteiger partial charge in [0.2, 0.25) is 5.79 Å². The maximum absolute atomic E-state index is 5.82. The molecule has 3 heteroatoms. The first-order chi connectivity index (χ1) is 6.79. The predicted molar refractivity (Wildman–Crippen MR) is 55.1 cm³/mol. The summed E-state index contributed by atoms with van der Waals surface area (Å²) in [6.45, 7) is 6.12. The molecule has 0 N–H and O–H groups in total. The third-order valence-corrected chi connectivity index (χ3v) is 3.13. The Labute approximate surface area is 85.7 Å². The van der Waals surface area contributed by atoms with E-state index in [1.54, 1.807) is 7.11 Å². The minimum absolute atomic E-state index is 0.420. The lowest BCUT2D eigenvalue weighted by molar-refractivity contribution is -0.191. The average Bonchev–Trinajstić information content (AvgIpc) is 2.83. The maximum atomic E-state index is 5.82. The van der Waals surface area contributed by atoms with Crippen LogP contribution in [0.4, 0.5) is 0 Å². The van der Waals surface area contributed by atoms with Gasteiger partial charge in [0.1, 0.15) is 0 Å². The van der Waals surface area contributed by atoms with E-state index in [2.05, 4.69) is 30.9 Å². The van der Waals surface area contributed by atoms with Crippen molar-refractivity contribution in [3.05, 3.63) is 12.2 Å². The lowest BCUT2D eigenvalue weighted by Gasteiger charge is -2.28. The molecule has 3 nitrogen and oxygen atoms in total. The second kappa shape index (κ2) is 3.65. The van der Waals surface area contributed by atoms with Gasteiger partial charge in [-0.15, -0.1) is 0 Å². The Morgan fingerprint density at radius 3 is 2.71 bits per heavy atom. The number of nitrogens with zero attached hydrogens (tertiary/aromatic N) is 1. The van der Waals surface area contributed by atoms with Gasteiger partial charge in [-0.05, 0) is 19.0 Å². The molecule has 0 aromatic heterocycles. The zero-order chi connectivity index (χ0) is 10.2. The summed E-state index contributed by atoms with van der Waals surface area (Å²) < 4.78 is 11.4. The topological polar surface area (TPSA) is 21.5 Å². The highest BCUT2D eigenvalue weighted by Gasteiger charge is 2.62. The second-order valence-corrected chi connectivity index (χ2v) is 3.90. The van der Waals surface area contributed by atoms with Crippen molar-refractivity contribution in [3.63, 3.8) is 0 Å². The molecule has 0 aromatic rings. The van der Waals surface area contributed by atoms with Crippen LogP contribution in [0.1, 0.15) is 20.3 Å². The molecule has 0 aromatic carbocycles. The van der Waals surface area contributed by atoms with Crippen molar-refractivity contribution in [1.82, 2.24) is 4.90 Å². The van der Waals surface area contributed by atoms with Crippen LogP contribution >= 0.6 is 0 Å². The van der Waals surface area contributed by atoms with Gasteiger partial charge in [-0.2, -0.15) is 0 Å². The molecule has 0 spiro atoms. The SMILES string of the molecule is CCCO[C@]1(OC)C=C[C@H]2[C@@H]1N2CC. The molecule has 0 saturated carbocycles. The summed E-state index contributed by atoms with van der Waals surface area (Å²) in [5.41, 5.74) is 0. The number of likely N-dealkylation sites (N-methyl/N-ethyl adjacent to an activating group) is 1. The predicted octanol–water partition coefficient (Wildman–Crippen LogP) is 1.40. The van der Waals surface area contributed by atoms with Crippen molar-refractivity contribution in [2.24, 2.45) is 0 Å². The number of ether oxygens (including phenoxy) is 2. The van der Waals surface area contributed by atoms with Crippen molar-refractivity contribution < 1.29 is 9.47 Å². The monoisotopic (exact) mass is 197 g/mol. The van der Waals surface area contributed by atoms with Gasteiger partial charge in [0.05, 0.1) is 12.6 Å². The van der Waals surface area contributed by atoms with E-state index in [1.165, 1.54) is 0 Å². The van der Waals surface area contributed by atoms with Crippen LogP contribution in [0, 0.1) is 0 Å². The smallest absolute Gasteiger partial charge is 0.205 e. The standard InChI is InChI=1S/C11H19NO2/c1-4-8-14-11(13-3)7-6-9-10(11)12(9)5-2/h6-7,9-10H,4-5,8H2,1-3H3/t9-,10-,11+,12?/m0/s1. The molecule has 1 aliphatic carbocycles. The highest BCUT2D eigenvalue weighted by atomic mass is 16.7.